The Morgan fingerprint density at radius 3 is 2.56 bits per heavy atom. The molecule has 0 aliphatic rings. The van der Waals surface area contributed by atoms with Crippen molar-refractivity contribution in [3.63, 3.8) is 0 Å². The Hall–Kier alpha value is -1.37. The Balaban J connectivity index is 0.000000640. The van der Waals surface area contributed by atoms with E-state index in [0.29, 0.717) is 5.92 Å². The number of hydrogen-bond donors (Lipinski definition) is 0. The number of nitrogens with zero attached hydrogens (tertiary/aromatic N) is 1. The average Bonchev–Trinajstić information content (AvgIpc) is 2.12. The van der Waals surface area contributed by atoms with Gasteiger partial charge in [0, 0.05) is 0 Å². The van der Waals surface area contributed by atoms with Gasteiger partial charge in [0.25, 0.3) is 0 Å². The molecule has 0 atom stereocenters. The summed E-state index contributed by atoms with van der Waals surface area (Å²) < 4.78 is 0. The van der Waals surface area contributed by atoms with Crippen LogP contribution in [0.3, 0.4) is 0 Å². The molecule has 9 heavy (non-hydrogen) atoms. The SMILES string of the molecule is CC(C)c1cn[c-]s1.[Es]. The van der Waals surface area contributed by atoms with Gasteiger partial charge in [0.05, 0.1) is 0 Å². The maximum Gasteiger partial charge on any atom is 0 e. The second-order valence-corrected chi connectivity index (χ2v) is 2.87. The molecule has 1 heterocycles. The molecule has 0 amide bonds. The van der Waals surface area contributed by atoms with Crippen molar-refractivity contribution in [2.75, 3.05) is 0 Å². The molecule has 1 aromatic heterocycles. The standard InChI is InChI=1S/C6H8NS.Es/c1-5(2)6-3-7-4-8-6;/h3,5H,1-2H3;/q-1;. The van der Waals surface area contributed by atoms with Gasteiger partial charge in [0.15, 0.2) is 0 Å². The van der Waals surface area contributed by atoms with Crippen LogP contribution in [0, 0.1) is 5.51 Å². The minimum atomic E-state index is 0. The minimum Gasteiger partial charge on any atom is -0.394 e. The zero-order valence-electron chi connectivity index (χ0n) is 5.31. The van der Waals surface area contributed by atoms with E-state index in [-0.39, 0.29) is 0 Å². The molecule has 0 aromatic carbocycles. The van der Waals surface area contributed by atoms with Crippen molar-refractivity contribution in [3.05, 3.63) is 16.6 Å². The molecule has 1 rings (SSSR count). The first-order chi connectivity index (χ1) is 3.80. The van der Waals surface area contributed by atoms with Gasteiger partial charge in [-0.2, -0.15) is 0 Å². The first-order valence-corrected chi connectivity index (χ1v) is 3.44. The van der Waals surface area contributed by atoms with E-state index >= 15 is 0 Å². The fourth-order valence-electron chi connectivity index (χ4n) is 0.462. The number of hydrogen-bond acceptors (Lipinski definition) is 2. The summed E-state index contributed by atoms with van der Waals surface area (Å²) in [6.45, 7) is 4.31. The van der Waals surface area contributed by atoms with Crippen LogP contribution in [0.4, 0.5) is 0 Å². The number of rotatable bonds is 1. The quantitative estimate of drug-likeness (QED) is 0.682. The summed E-state index contributed by atoms with van der Waals surface area (Å²) in [7, 11) is 0. The van der Waals surface area contributed by atoms with Crippen LogP contribution >= 0.6 is 11.3 Å². The van der Waals surface area contributed by atoms with Gasteiger partial charge in [-0.3, -0.25) is 11.3 Å². The van der Waals surface area contributed by atoms with E-state index in [1.54, 1.807) is 11.3 Å². The summed E-state index contributed by atoms with van der Waals surface area (Å²) >= 11 is 1.59. The molecule has 0 bridgehead atoms. The van der Waals surface area contributed by atoms with E-state index in [1.165, 1.54) is 4.88 Å². The van der Waals surface area contributed by atoms with Crippen molar-refractivity contribution in [3.8, 4) is 0 Å². The Bertz CT molecular complexity index is 148. The molecule has 1 nitrogen and oxygen atoms in total. The molecular formula is C6H8EsNS-. The van der Waals surface area contributed by atoms with Gasteiger partial charge in [0.1, 0.15) is 0 Å². The largest absolute Gasteiger partial charge is 0.394 e. The Morgan fingerprint density at radius 2 is 2.33 bits per heavy atom. The average molecular weight is 378 g/mol. The molecule has 0 unspecified atom stereocenters. The predicted octanol–water partition coefficient (Wildman–Crippen LogP) is 2.07. The molecule has 3 heteroatoms. The van der Waals surface area contributed by atoms with Crippen molar-refractivity contribution < 1.29 is 0 Å². The number of thiazole rings is 1. The molecule has 0 fully saturated rings. The Kier molecular flexibility index (Phi) is 2.39. The zero-order valence-corrected chi connectivity index (χ0v) is 8.64. The van der Waals surface area contributed by atoms with Gasteiger partial charge >= 0.3 is 0 Å². The topological polar surface area (TPSA) is 12.9 Å². The Labute approximate surface area is 53.4 Å². The summed E-state index contributed by atoms with van der Waals surface area (Å²) in [5.41, 5.74) is 2.80. The fourth-order valence-corrected chi connectivity index (χ4v) is 1.01. The van der Waals surface area contributed by atoms with Crippen LogP contribution in [-0.4, -0.2) is 4.98 Å². The van der Waals surface area contributed by atoms with Crippen LogP contribution in [0.25, 0.3) is 0 Å². The smallest absolute Gasteiger partial charge is 0 e. The van der Waals surface area contributed by atoms with Crippen LogP contribution < -0.4 is 0 Å². The van der Waals surface area contributed by atoms with Gasteiger partial charge in [-0.25, -0.2) is 0 Å². The normalized spacial score (nSPS) is 9.22. The van der Waals surface area contributed by atoms with Crippen LogP contribution in [-0.2, 0) is 0 Å². The van der Waals surface area contributed by atoms with Crippen molar-refractivity contribution in [1.29, 1.82) is 0 Å². The van der Waals surface area contributed by atoms with E-state index in [4.69, 9.17) is 0 Å². The molecule has 55 valence electrons. The van der Waals surface area contributed by atoms with Crippen molar-refractivity contribution in [2.24, 2.45) is 0 Å². The maximum absolute atomic E-state index is 3.84. The zero-order chi connectivity index (χ0) is 5.98. The van der Waals surface area contributed by atoms with E-state index < -0.39 is 0 Å². The number of aromatic nitrogens is 1. The predicted molar refractivity (Wildman–Crippen MR) is 35.0 cm³/mol. The van der Waals surface area contributed by atoms with Crippen LogP contribution in [0.15, 0.2) is 6.20 Å². The third-order valence-electron chi connectivity index (χ3n) is 0.977. The van der Waals surface area contributed by atoms with E-state index in [0.717, 1.165) is 0 Å². The minimum absolute atomic E-state index is 0. The molecule has 1 aromatic rings. The van der Waals surface area contributed by atoms with Gasteiger partial charge in [-0.1, -0.05) is 19.8 Å². The molecule has 1 radical (unpaired) electrons. The maximum atomic E-state index is 3.84. The van der Waals surface area contributed by atoms with Crippen LogP contribution in [0.5, 0.6) is 0 Å². The molecule has 0 spiro atoms. The van der Waals surface area contributed by atoms with Gasteiger partial charge < -0.3 is 4.98 Å². The molecule has 0 aliphatic carbocycles. The third kappa shape index (κ3) is 1.53. The summed E-state index contributed by atoms with van der Waals surface area (Å²) in [6, 6.07) is 0. The first-order valence-electron chi connectivity index (χ1n) is 2.62. The summed E-state index contributed by atoms with van der Waals surface area (Å²) in [4.78, 5) is 5.15. The summed E-state index contributed by atoms with van der Waals surface area (Å²) in [6.07, 6.45) is 1.87. The molecule has 0 saturated heterocycles. The monoisotopic (exact) mass is 378 g/mol. The molecular weight excluding hydrogens is 370 g/mol. The van der Waals surface area contributed by atoms with Gasteiger partial charge in [-0.05, 0) is 5.51 Å². The summed E-state index contributed by atoms with van der Waals surface area (Å²) in [5, 5.41) is 0. The van der Waals surface area contributed by atoms with Gasteiger partial charge in [0.2, 0.25) is 0 Å². The van der Waals surface area contributed by atoms with Gasteiger partial charge in [-0.15, -0.1) is 11.1 Å². The first kappa shape index (κ1) is 7.63. The van der Waals surface area contributed by atoms with E-state index in [2.05, 4.69) is 24.3 Å². The molecule has 0 aliphatic heterocycles. The van der Waals surface area contributed by atoms with E-state index in [1.807, 2.05) is 6.20 Å². The second-order valence-electron chi connectivity index (χ2n) is 2.01. The third-order valence-corrected chi connectivity index (χ3v) is 1.99. The van der Waals surface area contributed by atoms with E-state index in [9.17, 15) is 0 Å². The van der Waals surface area contributed by atoms with Crippen molar-refractivity contribution in [1.82, 2.24) is 4.98 Å². The second kappa shape index (κ2) is 2.82. The van der Waals surface area contributed by atoms with Crippen molar-refractivity contribution in [2.45, 2.75) is 19.8 Å². The fraction of sp³-hybridized carbons (Fsp3) is 0.500. The summed E-state index contributed by atoms with van der Waals surface area (Å²) in [5.74, 6) is 0.610. The Morgan fingerprint density at radius 1 is 1.67 bits per heavy atom. The van der Waals surface area contributed by atoms with Crippen LogP contribution in [0.1, 0.15) is 24.6 Å². The molecule has 0 N–H and O–H groups in total. The van der Waals surface area contributed by atoms with Crippen molar-refractivity contribution >= 4 is 11.3 Å². The molecule has 0 saturated carbocycles. The van der Waals surface area contributed by atoms with Crippen LogP contribution in [0.2, 0.25) is 0 Å².